The van der Waals surface area contributed by atoms with Gasteiger partial charge in [0.25, 0.3) is 0 Å². The maximum absolute atomic E-state index is 12.7. The Labute approximate surface area is 92.3 Å². The van der Waals surface area contributed by atoms with Crippen LogP contribution >= 0.6 is 0 Å². The number of hydrazine groups is 1. The van der Waals surface area contributed by atoms with Crippen LogP contribution in [0, 0.1) is 5.82 Å². The number of nitrogens with one attached hydrogen (secondary N) is 1. The Bertz CT molecular complexity index is 427. The van der Waals surface area contributed by atoms with Crippen molar-refractivity contribution in [2.75, 3.05) is 0 Å². The zero-order chi connectivity index (χ0) is 11.4. The largest absolute Gasteiger partial charge is 0.469 e. The molecule has 16 heavy (non-hydrogen) atoms. The van der Waals surface area contributed by atoms with Gasteiger partial charge in [0, 0.05) is 6.42 Å². The highest BCUT2D eigenvalue weighted by Gasteiger charge is 2.13. The maximum Gasteiger partial charge on any atom is 0.141 e. The summed E-state index contributed by atoms with van der Waals surface area (Å²) < 4.78 is 17.9. The quantitative estimate of drug-likeness (QED) is 0.607. The molecular formula is C11H12FN3O. The molecule has 5 heteroatoms. The Hall–Kier alpha value is -1.72. The fourth-order valence-corrected chi connectivity index (χ4v) is 1.47. The van der Waals surface area contributed by atoms with Crippen LogP contribution in [-0.4, -0.2) is 4.98 Å². The zero-order valence-corrected chi connectivity index (χ0v) is 8.56. The van der Waals surface area contributed by atoms with Gasteiger partial charge in [0.05, 0.1) is 24.2 Å². The smallest absolute Gasteiger partial charge is 0.141 e. The topological polar surface area (TPSA) is 64.1 Å². The van der Waals surface area contributed by atoms with E-state index in [1.165, 1.54) is 12.3 Å². The van der Waals surface area contributed by atoms with E-state index >= 15 is 0 Å². The van der Waals surface area contributed by atoms with Crippen LogP contribution in [0.25, 0.3) is 0 Å². The van der Waals surface area contributed by atoms with Gasteiger partial charge in [-0.15, -0.1) is 0 Å². The Balaban J connectivity index is 2.13. The van der Waals surface area contributed by atoms with Gasteiger partial charge in [-0.2, -0.15) is 0 Å². The number of halogens is 1. The van der Waals surface area contributed by atoms with Gasteiger partial charge in [-0.3, -0.25) is 16.3 Å². The standard InChI is InChI=1S/C11H12FN3O/c12-8-3-4-10(14-7-8)11(15-13)6-9-2-1-5-16-9/h1-5,7,11,15H,6,13H2. The minimum absolute atomic E-state index is 0.188. The molecule has 0 aromatic carbocycles. The van der Waals surface area contributed by atoms with Crippen LogP contribution in [0.15, 0.2) is 41.1 Å². The Morgan fingerprint density at radius 2 is 2.31 bits per heavy atom. The summed E-state index contributed by atoms with van der Waals surface area (Å²) in [5.41, 5.74) is 3.31. The summed E-state index contributed by atoms with van der Waals surface area (Å²) in [6, 6.07) is 6.43. The molecule has 0 radical (unpaired) electrons. The van der Waals surface area contributed by atoms with Crippen LogP contribution < -0.4 is 11.3 Å². The molecule has 1 atom stereocenters. The monoisotopic (exact) mass is 221 g/mol. The molecule has 2 rings (SSSR count). The molecular weight excluding hydrogens is 209 g/mol. The Kier molecular flexibility index (Phi) is 3.28. The van der Waals surface area contributed by atoms with E-state index < -0.39 is 0 Å². The van der Waals surface area contributed by atoms with Crippen molar-refractivity contribution in [1.82, 2.24) is 10.4 Å². The second kappa shape index (κ2) is 4.87. The molecule has 84 valence electrons. The predicted octanol–water partition coefficient (Wildman–Crippen LogP) is 1.56. The average molecular weight is 221 g/mol. The molecule has 0 aliphatic carbocycles. The third-order valence-electron chi connectivity index (χ3n) is 2.29. The first-order valence-corrected chi connectivity index (χ1v) is 4.89. The zero-order valence-electron chi connectivity index (χ0n) is 8.56. The summed E-state index contributed by atoms with van der Waals surface area (Å²) >= 11 is 0. The fraction of sp³-hybridized carbons (Fsp3) is 0.182. The minimum Gasteiger partial charge on any atom is -0.469 e. The number of hydrogen-bond donors (Lipinski definition) is 2. The second-order valence-corrected chi connectivity index (χ2v) is 3.40. The SMILES string of the molecule is NNC(Cc1ccco1)c1ccc(F)cn1. The summed E-state index contributed by atoms with van der Waals surface area (Å²) in [6.07, 6.45) is 3.34. The van der Waals surface area contributed by atoms with Crippen molar-refractivity contribution in [3.8, 4) is 0 Å². The first-order valence-electron chi connectivity index (χ1n) is 4.89. The number of furan rings is 1. The van der Waals surface area contributed by atoms with E-state index in [0.29, 0.717) is 12.1 Å². The van der Waals surface area contributed by atoms with E-state index in [1.54, 1.807) is 18.4 Å². The van der Waals surface area contributed by atoms with Crippen molar-refractivity contribution in [2.45, 2.75) is 12.5 Å². The van der Waals surface area contributed by atoms with Crippen molar-refractivity contribution in [2.24, 2.45) is 5.84 Å². The number of aromatic nitrogens is 1. The lowest BCUT2D eigenvalue weighted by Crippen LogP contribution is -2.30. The lowest BCUT2D eigenvalue weighted by atomic mass is 10.1. The van der Waals surface area contributed by atoms with Crippen LogP contribution in [0.5, 0.6) is 0 Å². The second-order valence-electron chi connectivity index (χ2n) is 3.40. The minimum atomic E-state index is -0.363. The molecule has 0 saturated heterocycles. The van der Waals surface area contributed by atoms with Gasteiger partial charge in [-0.05, 0) is 24.3 Å². The summed E-state index contributed by atoms with van der Waals surface area (Å²) in [4.78, 5) is 3.97. The third kappa shape index (κ3) is 2.44. The fourth-order valence-electron chi connectivity index (χ4n) is 1.47. The Morgan fingerprint density at radius 1 is 1.44 bits per heavy atom. The number of nitrogens with two attached hydrogens (primary N) is 1. The highest BCUT2D eigenvalue weighted by Crippen LogP contribution is 2.16. The van der Waals surface area contributed by atoms with Gasteiger partial charge >= 0.3 is 0 Å². The van der Waals surface area contributed by atoms with Gasteiger partial charge in [0.2, 0.25) is 0 Å². The normalized spacial score (nSPS) is 12.6. The van der Waals surface area contributed by atoms with Crippen molar-refractivity contribution in [3.63, 3.8) is 0 Å². The molecule has 4 nitrogen and oxygen atoms in total. The molecule has 0 bridgehead atoms. The molecule has 0 spiro atoms. The summed E-state index contributed by atoms with van der Waals surface area (Å²) in [6.45, 7) is 0. The van der Waals surface area contributed by atoms with Crippen LogP contribution in [0.3, 0.4) is 0 Å². The lowest BCUT2D eigenvalue weighted by molar-refractivity contribution is 0.449. The molecule has 0 aliphatic rings. The highest BCUT2D eigenvalue weighted by molar-refractivity contribution is 5.12. The number of pyridine rings is 1. The molecule has 2 aromatic heterocycles. The average Bonchev–Trinajstić information content (AvgIpc) is 2.80. The van der Waals surface area contributed by atoms with Crippen LogP contribution in [-0.2, 0) is 6.42 Å². The molecule has 2 heterocycles. The van der Waals surface area contributed by atoms with E-state index in [9.17, 15) is 4.39 Å². The van der Waals surface area contributed by atoms with Gasteiger partial charge in [0.1, 0.15) is 11.6 Å². The number of rotatable bonds is 4. The van der Waals surface area contributed by atoms with E-state index in [0.717, 1.165) is 5.76 Å². The molecule has 0 fully saturated rings. The van der Waals surface area contributed by atoms with Crippen molar-refractivity contribution >= 4 is 0 Å². The molecule has 2 aromatic rings. The Morgan fingerprint density at radius 3 is 2.88 bits per heavy atom. The van der Waals surface area contributed by atoms with Crippen molar-refractivity contribution < 1.29 is 8.81 Å². The van der Waals surface area contributed by atoms with Crippen molar-refractivity contribution in [1.29, 1.82) is 0 Å². The first-order chi connectivity index (χ1) is 7.79. The molecule has 1 unspecified atom stereocenters. The van der Waals surface area contributed by atoms with Gasteiger partial charge in [-0.25, -0.2) is 4.39 Å². The van der Waals surface area contributed by atoms with Gasteiger partial charge < -0.3 is 4.42 Å². The number of nitrogens with zero attached hydrogens (tertiary/aromatic N) is 1. The first kappa shape index (κ1) is 10.8. The van der Waals surface area contributed by atoms with Crippen molar-refractivity contribution in [3.05, 3.63) is 54.0 Å². The molecule has 0 saturated carbocycles. The van der Waals surface area contributed by atoms with E-state index in [4.69, 9.17) is 10.3 Å². The van der Waals surface area contributed by atoms with E-state index in [2.05, 4.69) is 10.4 Å². The van der Waals surface area contributed by atoms with Gasteiger partial charge in [0.15, 0.2) is 0 Å². The molecule has 3 N–H and O–H groups in total. The van der Waals surface area contributed by atoms with Gasteiger partial charge in [-0.1, -0.05) is 0 Å². The van der Waals surface area contributed by atoms with Crippen LogP contribution in [0.4, 0.5) is 4.39 Å². The predicted molar refractivity (Wildman–Crippen MR) is 56.7 cm³/mol. The number of hydrogen-bond acceptors (Lipinski definition) is 4. The van der Waals surface area contributed by atoms with Crippen LogP contribution in [0.2, 0.25) is 0 Å². The summed E-state index contributed by atoms with van der Waals surface area (Å²) in [7, 11) is 0. The lowest BCUT2D eigenvalue weighted by Gasteiger charge is -2.13. The van der Waals surface area contributed by atoms with E-state index in [-0.39, 0.29) is 11.9 Å². The molecule has 0 aliphatic heterocycles. The maximum atomic E-state index is 12.7. The highest BCUT2D eigenvalue weighted by atomic mass is 19.1. The third-order valence-corrected chi connectivity index (χ3v) is 2.29. The molecule has 0 amide bonds. The van der Waals surface area contributed by atoms with Crippen LogP contribution in [0.1, 0.15) is 17.5 Å². The van der Waals surface area contributed by atoms with E-state index in [1.807, 2.05) is 6.07 Å². The summed E-state index contributed by atoms with van der Waals surface area (Å²) in [5, 5.41) is 0. The summed E-state index contributed by atoms with van der Waals surface area (Å²) in [5.74, 6) is 5.87.